The number of hydrogen-bond acceptors (Lipinski definition) is 3. The number of amides is 1. The van der Waals surface area contributed by atoms with E-state index in [1.54, 1.807) is 4.68 Å². The lowest BCUT2D eigenvalue weighted by Gasteiger charge is -2.14. The Kier molecular flexibility index (Phi) is 5.23. The highest BCUT2D eigenvalue weighted by Crippen LogP contribution is 2.32. The molecule has 0 saturated heterocycles. The van der Waals surface area contributed by atoms with Crippen LogP contribution in [-0.4, -0.2) is 19.9 Å². The number of aryl methyl sites for hydroxylation is 2. The van der Waals surface area contributed by atoms with Gasteiger partial charge in [0.1, 0.15) is 5.82 Å². The molecule has 1 aliphatic heterocycles. The average molecular weight is 442 g/mol. The minimum Gasteiger partial charge on any atom is -0.306 e. The summed E-state index contributed by atoms with van der Waals surface area (Å²) >= 11 is 0. The first-order chi connectivity index (χ1) is 15.5. The van der Waals surface area contributed by atoms with Gasteiger partial charge in [-0.15, -0.1) is 0 Å². The maximum atomic E-state index is 13.1. The molecule has 160 valence electrons. The molecule has 6 heteroatoms. The minimum atomic E-state index is -0.983. The minimum absolute atomic E-state index is 0.212. The summed E-state index contributed by atoms with van der Waals surface area (Å²) < 4.78 is 13.9. The second kappa shape index (κ2) is 8.20. The Hall–Kier alpha value is -3.51. The van der Waals surface area contributed by atoms with Gasteiger partial charge in [-0.2, -0.15) is 5.10 Å². The number of nitrogens with one attached hydrogen (secondary N) is 1. The molecule has 1 amide bonds. The molecule has 0 saturated carbocycles. The molecule has 1 aliphatic rings. The molecule has 0 spiro atoms. The summed E-state index contributed by atoms with van der Waals surface area (Å²) in [6.45, 7) is 4.08. The second-order valence-corrected chi connectivity index (χ2v) is 9.56. The Morgan fingerprint density at radius 2 is 1.66 bits per heavy atom. The van der Waals surface area contributed by atoms with Crippen LogP contribution in [0.2, 0.25) is 0 Å². The average Bonchev–Trinajstić information content (AvgIpc) is 3.31. The zero-order valence-electron chi connectivity index (χ0n) is 18.0. The zero-order valence-corrected chi connectivity index (χ0v) is 18.8. The lowest BCUT2D eigenvalue weighted by molar-refractivity contribution is 0.102. The van der Waals surface area contributed by atoms with Gasteiger partial charge in [-0.05, 0) is 48.7 Å². The molecule has 0 bridgehead atoms. The van der Waals surface area contributed by atoms with Gasteiger partial charge in [0, 0.05) is 21.9 Å². The first-order valence-electron chi connectivity index (χ1n) is 10.5. The SMILES string of the molecule is Cc1ccc(-n2nc3c(c2NC(=O)c2ccc(-c4ccccc4)cc2)CS(=O)C3)c(C)c1. The third-order valence-electron chi connectivity index (χ3n) is 5.74. The molecule has 1 aromatic heterocycles. The van der Waals surface area contributed by atoms with Crippen molar-refractivity contribution in [3.63, 3.8) is 0 Å². The van der Waals surface area contributed by atoms with Crippen molar-refractivity contribution in [2.75, 3.05) is 5.32 Å². The lowest BCUT2D eigenvalue weighted by atomic mass is 10.0. The smallest absolute Gasteiger partial charge is 0.256 e. The van der Waals surface area contributed by atoms with E-state index in [2.05, 4.69) is 11.4 Å². The van der Waals surface area contributed by atoms with E-state index in [0.29, 0.717) is 22.9 Å². The number of carbonyl (C=O) groups excluding carboxylic acids is 1. The highest BCUT2D eigenvalue weighted by molar-refractivity contribution is 7.83. The number of fused-ring (bicyclic) bond motifs is 1. The van der Waals surface area contributed by atoms with Crippen LogP contribution in [0, 0.1) is 13.8 Å². The van der Waals surface area contributed by atoms with Gasteiger partial charge >= 0.3 is 0 Å². The van der Waals surface area contributed by atoms with Crippen molar-refractivity contribution in [2.24, 2.45) is 0 Å². The summed E-state index contributed by atoms with van der Waals surface area (Å²) in [4.78, 5) is 13.1. The lowest BCUT2D eigenvalue weighted by Crippen LogP contribution is -2.17. The van der Waals surface area contributed by atoms with Crippen molar-refractivity contribution in [3.05, 3.63) is 101 Å². The summed E-state index contributed by atoms with van der Waals surface area (Å²) in [5.74, 6) is 1.22. The monoisotopic (exact) mass is 441 g/mol. The number of benzene rings is 3. The molecule has 1 atom stereocenters. The summed E-state index contributed by atoms with van der Waals surface area (Å²) in [5, 5.41) is 7.77. The summed E-state index contributed by atoms with van der Waals surface area (Å²) in [5.41, 5.74) is 7.50. The van der Waals surface area contributed by atoms with Gasteiger partial charge in [-0.3, -0.25) is 9.00 Å². The Morgan fingerprint density at radius 1 is 0.938 bits per heavy atom. The van der Waals surface area contributed by atoms with Crippen molar-refractivity contribution >= 4 is 22.5 Å². The number of aromatic nitrogens is 2. The quantitative estimate of drug-likeness (QED) is 0.475. The van der Waals surface area contributed by atoms with Crippen LogP contribution in [0.15, 0.2) is 72.8 Å². The molecule has 1 unspecified atom stereocenters. The van der Waals surface area contributed by atoms with E-state index in [4.69, 9.17) is 5.10 Å². The number of hydrogen-bond donors (Lipinski definition) is 1. The van der Waals surface area contributed by atoms with Gasteiger partial charge in [0.25, 0.3) is 5.91 Å². The van der Waals surface area contributed by atoms with Gasteiger partial charge in [0.05, 0.1) is 22.9 Å². The molecule has 1 N–H and O–H groups in total. The Balaban J connectivity index is 1.48. The van der Waals surface area contributed by atoms with Crippen LogP contribution >= 0.6 is 0 Å². The normalized spacial score (nSPS) is 14.9. The highest BCUT2D eigenvalue weighted by Gasteiger charge is 2.29. The van der Waals surface area contributed by atoms with E-state index >= 15 is 0 Å². The van der Waals surface area contributed by atoms with Crippen LogP contribution in [-0.2, 0) is 22.3 Å². The maximum Gasteiger partial charge on any atom is 0.256 e. The molecule has 3 aromatic carbocycles. The van der Waals surface area contributed by atoms with E-state index in [-0.39, 0.29) is 5.91 Å². The topological polar surface area (TPSA) is 64.0 Å². The molecular formula is C26H23N3O2S. The third-order valence-corrected chi connectivity index (χ3v) is 6.94. The molecule has 0 aliphatic carbocycles. The number of anilines is 1. The van der Waals surface area contributed by atoms with Crippen molar-refractivity contribution in [1.82, 2.24) is 9.78 Å². The Bertz CT molecular complexity index is 1340. The van der Waals surface area contributed by atoms with Crippen molar-refractivity contribution in [2.45, 2.75) is 25.4 Å². The van der Waals surface area contributed by atoms with Gasteiger partial charge in [-0.1, -0.05) is 60.2 Å². The van der Waals surface area contributed by atoms with Gasteiger partial charge in [-0.25, -0.2) is 4.68 Å². The molecule has 5 rings (SSSR count). The van der Waals surface area contributed by atoms with E-state index in [1.165, 1.54) is 0 Å². The zero-order chi connectivity index (χ0) is 22.2. The Labute approximate surface area is 189 Å². The van der Waals surface area contributed by atoms with Gasteiger partial charge in [0.2, 0.25) is 0 Å². The van der Waals surface area contributed by atoms with Crippen molar-refractivity contribution in [3.8, 4) is 16.8 Å². The molecule has 0 radical (unpaired) electrons. The first kappa shape index (κ1) is 20.4. The summed E-state index contributed by atoms with van der Waals surface area (Å²) in [7, 11) is -0.983. The largest absolute Gasteiger partial charge is 0.306 e. The van der Waals surface area contributed by atoms with Crippen LogP contribution in [0.4, 0.5) is 5.82 Å². The van der Waals surface area contributed by atoms with Crippen molar-refractivity contribution in [1.29, 1.82) is 0 Å². The highest BCUT2D eigenvalue weighted by atomic mass is 32.2. The van der Waals surface area contributed by atoms with Crippen LogP contribution in [0.5, 0.6) is 0 Å². The number of rotatable bonds is 4. The van der Waals surface area contributed by atoms with E-state index < -0.39 is 10.8 Å². The molecule has 4 aromatic rings. The van der Waals surface area contributed by atoms with Gasteiger partial charge < -0.3 is 5.32 Å². The van der Waals surface area contributed by atoms with Crippen LogP contribution in [0.25, 0.3) is 16.8 Å². The molecule has 2 heterocycles. The maximum absolute atomic E-state index is 13.1. The second-order valence-electron chi connectivity index (χ2n) is 8.10. The summed E-state index contributed by atoms with van der Waals surface area (Å²) in [6, 6.07) is 23.7. The van der Waals surface area contributed by atoms with Crippen LogP contribution in [0.3, 0.4) is 0 Å². The molecular weight excluding hydrogens is 418 g/mol. The molecule has 5 nitrogen and oxygen atoms in total. The fourth-order valence-corrected chi connectivity index (χ4v) is 5.36. The van der Waals surface area contributed by atoms with E-state index in [9.17, 15) is 9.00 Å². The van der Waals surface area contributed by atoms with Crippen LogP contribution < -0.4 is 5.32 Å². The number of carbonyl (C=O) groups is 1. The first-order valence-corrected chi connectivity index (χ1v) is 12.0. The Morgan fingerprint density at radius 3 is 2.38 bits per heavy atom. The summed E-state index contributed by atoms with van der Waals surface area (Å²) in [6.07, 6.45) is 0. The van der Waals surface area contributed by atoms with Crippen LogP contribution in [0.1, 0.15) is 32.7 Å². The molecule has 0 fully saturated rings. The van der Waals surface area contributed by atoms with E-state index in [1.807, 2.05) is 80.6 Å². The fraction of sp³-hybridized carbons (Fsp3) is 0.154. The predicted octanol–water partition coefficient (Wildman–Crippen LogP) is 5.17. The predicted molar refractivity (Wildman–Crippen MR) is 128 cm³/mol. The standard InChI is InChI=1S/C26H23N3O2S/c1-17-8-13-24(18(2)14-17)29-25(22-15-32(31)16-23(22)28-29)27-26(30)21-11-9-20(10-12-21)19-6-4-3-5-7-19/h3-14H,15-16H2,1-2H3,(H,27,30). The molecule has 32 heavy (non-hydrogen) atoms. The van der Waals surface area contributed by atoms with Crippen molar-refractivity contribution < 1.29 is 9.00 Å². The third kappa shape index (κ3) is 3.78. The van der Waals surface area contributed by atoms with Gasteiger partial charge in [0.15, 0.2) is 0 Å². The van der Waals surface area contributed by atoms with E-state index in [0.717, 1.165) is 39.2 Å². The fourth-order valence-electron chi connectivity index (χ4n) is 4.10. The number of nitrogens with zero attached hydrogens (tertiary/aromatic N) is 2.